The van der Waals surface area contributed by atoms with Gasteiger partial charge in [0, 0.05) is 30.9 Å². The molecule has 1 fully saturated rings. The summed E-state index contributed by atoms with van der Waals surface area (Å²) in [7, 11) is 0. The van der Waals surface area contributed by atoms with Gasteiger partial charge in [-0.15, -0.1) is 0 Å². The third kappa shape index (κ3) is 3.36. The molecular weight excluding hydrogens is 312 g/mol. The van der Waals surface area contributed by atoms with Gasteiger partial charge in [0.1, 0.15) is 5.69 Å². The van der Waals surface area contributed by atoms with Crippen LogP contribution < -0.4 is 4.90 Å². The fourth-order valence-corrected chi connectivity index (χ4v) is 3.29. The second-order valence-corrected chi connectivity index (χ2v) is 7.38. The van der Waals surface area contributed by atoms with E-state index < -0.39 is 0 Å². The van der Waals surface area contributed by atoms with Crippen LogP contribution in [0.1, 0.15) is 48.3 Å². The van der Waals surface area contributed by atoms with Crippen LogP contribution in [0.4, 0.5) is 5.95 Å². The molecule has 25 heavy (non-hydrogen) atoms. The van der Waals surface area contributed by atoms with Crippen LogP contribution in [0.25, 0.3) is 0 Å². The molecule has 5 nitrogen and oxygen atoms in total. The highest BCUT2D eigenvalue weighted by molar-refractivity contribution is 5.96. The molecule has 4 rings (SSSR count). The topological polar surface area (TPSA) is 49.3 Å². The molecule has 1 aliphatic heterocycles. The van der Waals surface area contributed by atoms with Crippen LogP contribution in [0.5, 0.6) is 0 Å². The van der Waals surface area contributed by atoms with E-state index in [1.54, 1.807) is 0 Å². The van der Waals surface area contributed by atoms with Gasteiger partial charge in [-0.2, -0.15) is 0 Å². The average molecular weight is 336 g/mol. The summed E-state index contributed by atoms with van der Waals surface area (Å²) in [6.45, 7) is 6.42. The Morgan fingerprint density at radius 2 is 2.00 bits per heavy atom. The lowest BCUT2D eigenvalue weighted by atomic mass is 10.2. The molecule has 0 spiro atoms. The van der Waals surface area contributed by atoms with E-state index in [-0.39, 0.29) is 11.9 Å². The summed E-state index contributed by atoms with van der Waals surface area (Å²) in [4.78, 5) is 26.0. The molecule has 130 valence electrons. The Hall–Kier alpha value is -2.43. The molecule has 0 unspecified atom stereocenters. The molecule has 2 heterocycles. The first-order chi connectivity index (χ1) is 12.1. The van der Waals surface area contributed by atoms with Gasteiger partial charge in [0.15, 0.2) is 0 Å². The van der Waals surface area contributed by atoms with E-state index >= 15 is 0 Å². The molecule has 0 radical (unpaired) electrons. The number of rotatable bonds is 6. The maximum Gasteiger partial charge on any atom is 0.273 e. The molecule has 5 heteroatoms. The first-order valence-corrected chi connectivity index (χ1v) is 9.07. The maximum absolute atomic E-state index is 12.6. The highest BCUT2D eigenvalue weighted by Gasteiger charge is 2.32. The number of amides is 1. The van der Waals surface area contributed by atoms with Crippen molar-refractivity contribution in [2.24, 2.45) is 5.92 Å². The molecule has 0 N–H and O–H groups in total. The molecule has 0 atom stereocenters. The fourth-order valence-electron chi connectivity index (χ4n) is 3.29. The summed E-state index contributed by atoms with van der Waals surface area (Å²) in [6, 6.07) is 10.6. The average Bonchev–Trinajstić information content (AvgIpc) is 3.37. The Kier molecular flexibility index (Phi) is 4.15. The Balaban J connectivity index is 1.61. The van der Waals surface area contributed by atoms with Gasteiger partial charge >= 0.3 is 0 Å². The van der Waals surface area contributed by atoms with Crippen LogP contribution in [0.15, 0.2) is 36.5 Å². The largest absolute Gasteiger partial charge is 0.336 e. The zero-order valence-corrected chi connectivity index (χ0v) is 14.9. The molecular formula is C20H24N4O. The number of hydrogen-bond acceptors (Lipinski definition) is 4. The zero-order chi connectivity index (χ0) is 17.4. The Morgan fingerprint density at radius 3 is 2.68 bits per heavy atom. The number of aromatic nitrogens is 2. The smallest absolute Gasteiger partial charge is 0.273 e. The number of carbonyl (C=O) groups excluding carboxylic acids is 1. The molecule has 0 bridgehead atoms. The first-order valence-electron chi connectivity index (χ1n) is 9.07. The summed E-state index contributed by atoms with van der Waals surface area (Å²) >= 11 is 0. The molecule has 2 aromatic rings. The summed E-state index contributed by atoms with van der Waals surface area (Å²) in [5.74, 6) is 1.43. The molecule has 2 aliphatic rings. The van der Waals surface area contributed by atoms with E-state index in [9.17, 15) is 4.79 Å². The van der Waals surface area contributed by atoms with Crippen molar-refractivity contribution in [1.82, 2.24) is 14.9 Å². The summed E-state index contributed by atoms with van der Waals surface area (Å²) in [5, 5.41) is 0. The SMILES string of the molecule is CC(C)N1Cc2cnc(N(Cc3ccccc3)CC3CC3)nc2C1=O. The van der Waals surface area contributed by atoms with Gasteiger partial charge in [-0.25, -0.2) is 9.97 Å². The van der Waals surface area contributed by atoms with E-state index in [2.05, 4.69) is 39.1 Å². The lowest BCUT2D eigenvalue weighted by molar-refractivity contribution is 0.0726. The molecule has 1 saturated carbocycles. The number of fused-ring (bicyclic) bond motifs is 1. The second kappa shape index (κ2) is 6.47. The van der Waals surface area contributed by atoms with Gasteiger partial charge in [0.25, 0.3) is 5.91 Å². The molecule has 1 aromatic carbocycles. The van der Waals surface area contributed by atoms with Crippen molar-refractivity contribution < 1.29 is 4.79 Å². The van der Waals surface area contributed by atoms with Crippen molar-refractivity contribution in [3.8, 4) is 0 Å². The lowest BCUT2D eigenvalue weighted by Gasteiger charge is -2.23. The van der Waals surface area contributed by atoms with Crippen LogP contribution in [-0.4, -0.2) is 33.4 Å². The van der Waals surface area contributed by atoms with E-state index in [0.29, 0.717) is 18.2 Å². The van der Waals surface area contributed by atoms with Crippen molar-refractivity contribution in [2.75, 3.05) is 11.4 Å². The number of hydrogen-bond donors (Lipinski definition) is 0. The minimum Gasteiger partial charge on any atom is -0.336 e. The Bertz CT molecular complexity index is 771. The third-order valence-corrected chi connectivity index (χ3v) is 4.95. The molecule has 1 aliphatic carbocycles. The minimum absolute atomic E-state index is 0.0275. The highest BCUT2D eigenvalue weighted by Crippen LogP contribution is 2.32. The van der Waals surface area contributed by atoms with E-state index in [1.807, 2.05) is 31.0 Å². The number of carbonyl (C=O) groups is 1. The summed E-state index contributed by atoms with van der Waals surface area (Å²) in [6.07, 6.45) is 4.38. The van der Waals surface area contributed by atoms with Gasteiger partial charge in [-0.1, -0.05) is 30.3 Å². The van der Waals surface area contributed by atoms with Crippen LogP contribution in [-0.2, 0) is 13.1 Å². The Morgan fingerprint density at radius 1 is 1.24 bits per heavy atom. The maximum atomic E-state index is 12.6. The highest BCUT2D eigenvalue weighted by atomic mass is 16.2. The zero-order valence-electron chi connectivity index (χ0n) is 14.9. The predicted octanol–water partition coefficient (Wildman–Crippen LogP) is 3.26. The van der Waals surface area contributed by atoms with Crippen molar-refractivity contribution in [2.45, 2.75) is 45.8 Å². The predicted molar refractivity (Wildman–Crippen MR) is 97.3 cm³/mol. The van der Waals surface area contributed by atoms with Gasteiger partial charge in [0.05, 0.1) is 6.54 Å². The third-order valence-electron chi connectivity index (χ3n) is 4.95. The Labute approximate surface area is 148 Å². The lowest BCUT2D eigenvalue weighted by Crippen LogP contribution is -2.31. The summed E-state index contributed by atoms with van der Waals surface area (Å²) < 4.78 is 0. The second-order valence-electron chi connectivity index (χ2n) is 7.38. The van der Waals surface area contributed by atoms with Gasteiger partial charge in [-0.05, 0) is 38.2 Å². The number of nitrogens with zero attached hydrogens (tertiary/aromatic N) is 4. The first kappa shape index (κ1) is 16.1. The van der Waals surface area contributed by atoms with E-state index in [0.717, 1.165) is 24.6 Å². The number of benzene rings is 1. The van der Waals surface area contributed by atoms with Crippen LogP contribution in [0, 0.1) is 5.92 Å². The minimum atomic E-state index is 0.0275. The molecule has 1 amide bonds. The van der Waals surface area contributed by atoms with Crippen molar-refractivity contribution in [1.29, 1.82) is 0 Å². The summed E-state index contributed by atoms with van der Waals surface area (Å²) in [5.41, 5.74) is 2.75. The van der Waals surface area contributed by atoms with Crippen molar-refractivity contribution in [3.05, 3.63) is 53.3 Å². The van der Waals surface area contributed by atoms with Gasteiger partial charge in [-0.3, -0.25) is 4.79 Å². The van der Waals surface area contributed by atoms with E-state index in [1.165, 1.54) is 18.4 Å². The van der Waals surface area contributed by atoms with Crippen LogP contribution in [0.3, 0.4) is 0 Å². The number of anilines is 1. The quantitative estimate of drug-likeness (QED) is 0.812. The van der Waals surface area contributed by atoms with Gasteiger partial charge < -0.3 is 9.80 Å². The van der Waals surface area contributed by atoms with Crippen LogP contribution in [0.2, 0.25) is 0 Å². The molecule has 0 saturated heterocycles. The normalized spacial score (nSPS) is 16.4. The van der Waals surface area contributed by atoms with Crippen molar-refractivity contribution in [3.63, 3.8) is 0 Å². The van der Waals surface area contributed by atoms with E-state index in [4.69, 9.17) is 0 Å². The fraction of sp³-hybridized carbons (Fsp3) is 0.450. The monoisotopic (exact) mass is 336 g/mol. The molecule has 1 aromatic heterocycles. The van der Waals surface area contributed by atoms with Gasteiger partial charge in [0.2, 0.25) is 5.95 Å². The van der Waals surface area contributed by atoms with Crippen molar-refractivity contribution >= 4 is 11.9 Å². The van der Waals surface area contributed by atoms with Crippen LogP contribution >= 0.6 is 0 Å². The standard InChI is InChI=1S/C20H24N4O/c1-14(2)24-13-17-10-21-20(22-18(17)19(24)25)23(12-16-8-9-16)11-15-6-4-3-5-7-15/h3-7,10,14,16H,8-9,11-13H2,1-2H3.